The Balaban J connectivity index is 3.15. The molecule has 1 aromatic heterocycles. The van der Waals surface area contributed by atoms with Crippen molar-refractivity contribution in [3.05, 3.63) is 17.5 Å². The Hall–Kier alpha value is -1.37. The Labute approximate surface area is 93.8 Å². The van der Waals surface area contributed by atoms with Gasteiger partial charge in [-0.05, 0) is 6.92 Å². The number of hydrogen-bond donors (Lipinski definition) is 1. The average Bonchev–Trinajstić information content (AvgIpc) is 2.60. The molecule has 1 N–H and O–H groups in total. The molecular weight excluding hydrogens is 232 g/mol. The number of aryl methyl sites for hydroxylation is 1. The minimum atomic E-state index is -3.24. The highest BCUT2D eigenvalue weighted by Crippen LogP contribution is 2.13. The molecule has 0 spiro atoms. The maximum atomic E-state index is 11.4. The number of carboxylic acids is 1. The third kappa shape index (κ3) is 2.60. The van der Waals surface area contributed by atoms with Crippen molar-refractivity contribution in [1.82, 2.24) is 9.78 Å². The number of hydrogen-bond acceptors (Lipinski definition) is 4. The first-order valence-corrected chi connectivity index (χ1v) is 6.71. The van der Waals surface area contributed by atoms with Crippen LogP contribution in [0.15, 0.2) is 6.20 Å². The quantitative estimate of drug-likeness (QED) is 0.818. The lowest BCUT2D eigenvalue weighted by Crippen LogP contribution is -2.13. The Morgan fingerprint density at radius 1 is 1.50 bits per heavy atom. The molecule has 0 fully saturated rings. The summed E-state index contributed by atoms with van der Waals surface area (Å²) in [4.78, 5) is 11.0. The van der Waals surface area contributed by atoms with E-state index in [4.69, 9.17) is 5.11 Å². The first kappa shape index (κ1) is 12.7. The van der Waals surface area contributed by atoms with Crippen molar-refractivity contribution in [2.45, 2.75) is 26.1 Å². The van der Waals surface area contributed by atoms with E-state index in [9.17, 15) is 13.2 Å². The van der Waals surface area contributed by atoms with Crippen LogP contribution in [-0.2, 0) is 22.1 Å². The standard InChI is InChI=1S/C9H14N2O4S/c1-3-11-8(9(12)13)7(5-10-11)6-16(14,15)4-2/h5H,3-4,6H2,1-2H3,(H,12,13). The highest BCUT2D eigenvalue weighted by Gasteiger charge is 2.20. The van der Waals surface area contributed by atoms with Gasteiger partial charge in [0.1, 0.15) is 0 Å². The predicted octanol–water partition coefficient (Wildman–Crippen LogP) is 0.536. The molecule has 0 saturated carbocycles. The number of rotatable bonds is 5. The van der Waals surface area contributed by atoms with Crippen LogP contribution in [0.5, 0.6) is 0 Å². The summed E-state index contributed by atoms with van der Waals surface area (Å²) < 4.78 is 24.1. The molecule has 0 aliphatic heterocycles. The Morgan fingerprint density at radius 2 is 2.12 bits per heavy atom. The molecule has 0 radical (unpaired) electrons. The van der Waals surface area contributed by atoms with Crippen molar-refractivity contribution in [3.63, 3.8) is 0 Å². The van der Waals surface area contributed by atoms with Crippen LogP contribution >= 0.6 is 0 Å². The molecule has 0 atom stereocenters. The Morgan fingerprint density at radius 3 is 2.56 bits per heavy atom. The molecule has 1 rings (SSSR count). The number of aromatic carboxylic acids is 1. The summed E-state index contributed by atoms with van der Waals surface area (Å²) in [7, 11) is -3.24. The fourth-order valence-electron chi connectivity index (χ4n) is 1.36. The average molecular weight is 246 g/mol. The zero-order valence-corrected chi connectivity index (χ0v) is 9.99. The van der Waals surface area contributed by atoms with Crippen LogP contribution in [0.4, 0.5) is 0 Å². The molecule has 7 heteroatoms. The van der Waals surface area contributed by atoms with Gasteiger partial charge < -0.3 is 5.11 Å². The van der Waals surface area contributed by atoms with Crippen molar-refractivity contribution in [2.24, 2.45) is 0 Å². The smallest absolute Gasteiger partial charge is 0.354 e. The molecule has 0 unspecified atom stereocenters. The fourth-order valence-corrected chi connectivity index (χ4v) is 2.25. The summed E-state index contributed by atoms with van der Waals surface area (Å²) >= 11 is 0. The van der Waals surface area contributed by atoms with E-state index in [2.05, 4.69) is 5.10 Å². The van der Waals surface area contributed by atoms with E-state index in [-0.39, 0.29) is 22.8 Å². The normalized spacial score (nSPS) is 11.6. The maximum absolute atomic E-state index is 11.4. The zero-order valence-electron chi connectivity index (χ0n) is 9.17. The lowest BCUT2D eigenvalue weighted by atomic mass is 10.3. The molecule has 6 nitrogen and oxygen atoms in total. The Kier molecular flexibility index (Phi) is 3.69. The molecule has 0 saturated heterocycles. The van der Waals surface area contributed by atoms with E-state index < -0.39 is 15.8 Å². The molecule has 90 valence electrons. The van der Waals surface area contributed by atoms with Gasteiger partial charge in [-0.1, -0.05) is 6.92 Å². The third-order valence-corrected chi connectivity index (χ3v) is 3.86. The van der Waals surface area contributed by atoms with Crippen LogP contribution in [0, 0.1) is 0 Å². The molecule has 0 aromatic carbocycles. The van der Waals surface area contributed by atoms with Gasteiger partial charge in [0.05, 0.1) is 11.9 Å². The van der Waals surface area contributed by atoms with E-state index in [1.807, 2.05) is 0 Å². The molecular formula is C9H14N2O4S. The summed E-state index contributed by atoms with van der Waals surface area (Å²) in [6.45, 7) is 3.67. The van der Waals surface area contributed by atoms with Gasteiger partial charge in [-0.15, -0.1) is 0 Å². The fraction of sp³-hybridized carbons (Fsp3) is 0.556. The second kappa shape index (κ2) is 4.65. The second-order valence-electron chi connectivity index (χ2n) is 3.32. The van der Waals surface area contributed by atoms with E-state index >= 15 is 0 Å². The number of aromatic nitrogens is 2. The van der Waals surface area contributed by atoms with Gasteiger partial charge in [-0.25, -0.2) is 13.2 Å². The lowest BCUT2D eigenvalue weighted by Gasteiger charge is -2.03. The van der Waals surface area contributed by atoms with Gasteiger partial charge in [-0.3, -0.25) is 4.68 Å². The minimum absolute atomic E-state index is 0.0106. The summed E-state index contributed by atoms with van der Waals surface area (Å²) in [6.07, 6.45) is 1.31. The number of sulfone groups is 1. The second-order valence-corrected chi connectivity index (χ2v) is 5.67. The molecule has 0 bridgehead atoms. The van der Waals surface area contributed by atoms with Crippen molar-refractivity contribution >= 4 is 15.8 Å². The highest BCUT2D eigenvalue weighted by atomic mass is 32.2. The first-order chi connectivity index (χ1) is 7.41. The number of carboxylic acid groups (broad SMARTS) is 1. The lowest BCUT2D eigenvalue weighted by molar-refractivity contribution is 0.0682. The number of carbonyl (C=O) groups is 1. The van der Waals surface area contributed by atoms with Crippen molar-refractivity contribution in [2.75, 3.05) is 5.75 Å². The van der Waals surface area contributed by atoms with E-state index in [0.29, 0.717) is 6.54 Å². The number of nitrogens with zero attached hydrogens (tertiary/aromatic N) is 2. The molecule has 1 heterocycles. The van der Waals surface area contributed by atoms with Gasteiger partial charge in [0, 0.05) is 17.9 Å². The van der Waals surface area contributed by atoms with Gasteiger partial charge in [-0.2, -0.15) is 5.10 Å². The molecule has 0 amide bonds. The van der Waals surface area contributed by atoms with Gasteiger partial charge in [0.2, 0.25) is 0 Å². The predicted molar refractivity (Wildman–Crippen MR) is 58.0 cm³/mol. The largest absolute Gasteiger partial charge is 0.477 e. The van der Waals surface area contributed by atoms with Crippen LogP contribution in [0.25, 0.3) is 0 Å². The minimum Gasteiger partial charge on any atom is -0.477 e. The van der Waals surface area contributed by atoms with Crippen LogP contribution in [0.3, 0.4) is 0 Å². The Bertz CT molecular complexity index is 490. The van der Waals surface area contributed by atoms with Crippen LogP contribution in [0.2, 0.25) is 0 Å². The van der Waals surface area contributed by atoms with Crippen molar-refractivity contribution < 1.29 is 18.3 Å². The van der Waals surface area contributed by atoms with E-state index in [0.717, 1.165) is 0 Å². The third-order valence-electron chi connectivity index (χ3n) is 2.23. The summed E-state index contributed by atoms with van der Waals surface area (Å²) in [5, 5.41) is 12.8. The highest BCUT2D eigenvalue weighted by molar-refractivity contribution is 7.90. The van der Waals surface area contributed by atoms with Gasteiger partial charge >= 0.3 is 5.97 Å². The van der Waals surface area contributed by atoms with Gasteiger partial charge in [0.25, 0.3) is 0 Å². The van der Waals surface area contributed by atoms with Crippen molar-refractivity contribution in [1.29, 1.82) is 0 Å². The van der Waals surface area contributed by atoms with E-state index in [1.54, 1.807) is 6.92 Å². The molecule has 1 aromatic rings. The van der Waals surface area contributed by atoms with Crippen LogP contribution < -0.4 is 0 Å². The van der Waals surface area contributed by atoms with Crippen LogP contribution in [0.1, 0.15) is 29.9 Å². The molecule has 0 aliphatic carbocycles. The van der Waals surface area contributed by atoms with Crippen molar-refractivity contribution in [3.8, 4) is 0 Å². The summed E-state index contributed by atoms with van der Waals surface area (Å²) in [5.41, 5.74) is 0.204. The molecule has 16 heavy (non-hydrogen) atoms. The zero-order chi connectivity index (χ0) is 12.3. The SMILES string of the molecule is CCn1ncc(CS(=O)(=O)CC)c1C(=O)O. The van der Waals surface area contributed by atoms with Gasteiger partial charge in [0.15, 0.2) is 15.5 Å². The summed E-state index contributed by atoms with van der Waals surface area (Å²) in [6, 6.07) is 0. The first-order valence-electron chi connectivity index (χ1n) is 4.89. The van der Waals surface area contributed by atoms with E-state index in [1.165, 1.54) is 17.8 Å². The van der Waals surface area contributed by atoms with Crippen LogP contribution in [-0.4, -0.2) is 35.0 Å². The summed E-state index contributed by atoms with van der Waals surface area (Å²) in [5.74, 6) is -1.44. The molecule has 0 aliphatic rings. The monoisotopic (exact) mass is 246 g/mol. The maximum Gasteiger partial charge on any atom is 0.354 e. The topological polar surface area (TPSA) is 89.3 Å².